The van der Waals surface area contributed by atoms with E-state index in [1.165, 1.54) is 0 Å². The molecule has 0 N–H and O–H groups in total. The van der Waals surface area contributed by atoms with Gasteiger partial charge in [-0.2, -0.15) is 5.26 Å². The molecule has 0 radical (unpaired) electrons. The Morgan fingerprint density at radius 2 is 2.06 bits per heavy atom. The number of nitriles is 1. The van der Waals surface area contributed by atoms with Gasteiger partial charge in [-0.1, -0.05) is 12.1 Å². The van der Waals surface area contributed by atoms with Crippen LogP contribution in [0.3, 0.4) is 0 Å². The summed E-state index contributed by atoms with van der Waals surface area (Å²) in [6.07, 6.45) is 0.819. The van der Waals surface area contributed by atoms with Crippen LogP contribution in [0.2, 0.25) is 0 Å². The fourth-order valence-electron chi connectivity index (χ4n) is 1.30. The Bertz CT molecular complexity index is 381. The van der Waals surface area contributed by atoms with E-state index in [-0.39, 0.29) is 0 Å². The molecule has 0 bridgehead atoms. The first-order valence-electron chi connectivity index (χ1n) is 5.09. The molecule has 16 heavy (non-hydrogen) atoms. The summed E-state index contributed by atoms with van der Waals surface area (Å²) in [6.45, 7) is 0.652. The smallest absolute Gasteiger partial charge is 0.0991 e. The van der Waals surface area contributed by atoms with Crippen LogP contribution in [0.1, 0.15) is 17.5 Å². The van der Waals surface area contributed by atoms with E-state index in [1.807, 2.05) is 12.1 Å². The summed E-state index contributed by atoms with van der Waals surface area (Å²) >= 11 is 0. The largest absolute Gasteiger partial charge is 0.385 e. The van der Waals surface area contributed by atoms with Crippen LogP contribution in [0.5, 0.6) is 0 Å². The van der Waals surface area contributed by atoms with Crippen LogP contribution in [0.25, 0.3) is 0 Å². The fourth-order valence-corrected chi connectivity index (χ4v) is 2.45. The zero-order chi connectivity index (χ0) is 11.8. The van der Waals surface area contributed by atoms with Crippen molar-refractivity contribution < 1.29 is 8.95 Å². The molecule has 0 aliphatic heterocycles. The minimum absolute atomic E-state index is 0.551. The normalized spacial score (nSPS) is 12.0. The molecule has 1 atom stereocenters. The summed E-state index contributed by atoms with van der Waals surface area (Å²) in [5, 5.41) is 8.63. The molecule has 0 heterocycles. The summed E-state index contributed by atoms with van der Waals surface area (Å²) in [7, 11) is 0.798. The maximum absolute atomic E-state index is 11.6. The Morgan fingerprint density at radius 3 is 2.62 bits per heavy atom. The molecule has 0 aliphatic carbocycles. The average Bonchev–Trinajstić information content (AvgIpc) is 2.30. The number of methoxy groups -OCH3 is 1. The Hall–Kier alpha value is -1.18. The van der Waals surface area contributed by atoms with Gasteiger partial charge in [0.05, 0.1) is 11.6 Å². The highest BCUT2D eigenvalue weighted by atomic mass is 32.2. The van der Waals surface area contributed by atoms with Gasteiger partial charge in [-0.15, -0.1) is 0 Å². The van der Waals surface area contributed by atoms with E-state index in [4.69, 9.17) is 10.00 Å². The van der Waals surface area contributed by atoms with Crippen molar-refractivity contribution in [3.05, 3.63) is 35.4 Å². The zero-order valence-electron chi connectivity index (χ0n) is 9.31. The van der Waals surface area contributed by atoms with Gasteiger partial charge in [0.15, 0.2) is 0 Å². The number of hydrogen-bond acceptors (Lipinski definition) is 3. The van der Waals surface area contributed by atoms with Crippen molar-refractivity contribution in [2.24, 2.45) is 0 Å². The first kappa shape index (κ1) is 12.9. The Labute approximate surface area is 98.5 Å². The summed E-state index contributed by atoms with van der Waals surface area (Å²) in [5.74, 6) is 1.21. The summed E-state index contributed by atoms with van der Waals surface area (Å²) in [4.78, 5) is 0. The molecule has 1 aromatic carbocycles. The second kappa shape index (κ2) is 7.15. The number of nitrogens with zero attached hydrogens (tertiary/aromatic N) is 1. The molecule has 0 aromatic heterocycles. The molecular formula is C12H15NO2S. The van der Waals surface area contributed by atoms with Gasteiger partial charge in [0.2, 0.25) is 0 Å². The third-order valence-corrected chi connectivity index (χ3v) is 3.53. The predicted molar refractivity (Wildman–Crippen MR) is 64.4 cm³/mol. The van der Waals surface area contributed by atoms with Gasteiger partial charge in [-0.25, -0.2) is 0 Å². The lowest BCUT2D eigenvalue weighted by molar-refractivity contribution is 0.200. The molecule has 86 valence electrons. The average molecular weight is 237 g/mol. The van der Waals surface area contributed by atoms with Crippen LogP contribution < -0.4 is 0 Å². The molecule has 1 rings (SSSR count). The van der Waals surface area contributed by atoms with Crippen LogP contribution in [-0.4, -0.2) is 23.7 Å². The minimum atomic E-state index is -0.844. The van der Waals surface area contributed by atoms with Gasteiger partial charge in [-0.3, -0.25) is 4.21 Å². The highest BCUT2D eigenvalue weighted by Crippen LogP contribution is 2.06. The molecular weight excluding hydrogens is 222 g/mol. The lowest BCUT2D eigenvalue weighted by Crippen LogP contribution is -2.03. The highest BCUT2D eigenvalue weighted by Gasteiger charge is 2.01. The van der Waals surface area contributed by atoms with Gasteiger partial charge >= 0.3 is 0 Å². The van der Waals surface area contributed by atoms with Crippen LogP contribution in [0.15, 0.2) is 24.3 Å². The number of ether oxygens (including phenoxy) is 1. The van der Waals surface area contributed by atoms with Crippen LogP contribution in [0, 0.1) is 11.3 Å². The molecule has 1 aromatic rings. The Kier molecular flexibility index (Phi) is 5.76. The minimum Gasteiger partial charge on any atom is -0.385 e. The third kappa shape index (κ3) is 4.56. The predicted octanol–water partition coefficient (Wildman–Crippen LogP) is 1.84. The van der Waals surface area contributed by atoms with Crippen molar-refractivity contribution in [2.45, 2.75) is 12.2 Å². The molecule has 0 saturated heterocycles. The number of benzene rings is 1. The molecule has 4 heteroatoms. The Morgan fingerprint density at radius 1 is 1.38 bits per heavy atom. The van der Waals surface area contributed by atoms with Gasteiger partial charge in [-0.05, 0) is 24.1 Å². The van der Waals surface area contributed by atoms with Gasteiger partial charge in [0, 0.05) is 36.0 Å². The van der Waals surface area contributed by atoms with Gasteiger partial charge in [0.1, 0.15) is 0 Å². The van der Waals surface area contributed by atoms with E-state index >= 15 is 0 Å². The third-order valence-electron chi connectivity index (χ3n) is 2.13. The topological polar surface area (TPSA) is 50.1 Å². The SMILES string of the molecule is COCCCS(=O)Cc1ccc(C#N)cc1. The van der Waals surface area contributed by atoms with Gasteiger partial charge < -0.3 is 4.74 Å². The van der Waals surface area contributed by atoms with Crippen molar-refractivity contribution >= 4 is 10.8 Å². The van der Waals surface area contributed by atoms with Crippen molar-refractivity contribution in [2.75, 3.05) is 19.5 Å². The summed E-state index contributed by atoms with van der Waals surface area (Å²) in [5.41, 5.74) is 1.64. The number of hydrogen-bond donors (Lipinski definition) is 0. The van der Waals surface area contributed by atoms with Crippen molar-refractivity contribution in [3.8, 4) is 6.07 Å². The molecule has 3 nitrogen and oxygen atoms in total. The van der Waals surface area contributed by atoms with Crippen molar-refractivity contribution in [3.63, 3.8) is 0 Å². The second-order valence-corrected chi connectivity index (χ2v) is 5.02. The molecule has 0 fully saturated rings. The summed E-state index contributed by atoms with van der Waals surface area (Å²) in [6, 6.07) is 9.27. The van der Waals surface area contributed by atoms with Crippen LogP contribution >= 0.6 is 0 Å². The zero-order valence-corrected chi connectivity index (χ0v) is 10.1. The number of rotatable bonds is 6. The quantitative estimate of drug-likeness (QED) is 0.709. The van der Waals surface area contributed by atoms with Crippen LogP contribution in [-0.2, 0) is 21.3 Å². The Balaban J connectivity index is 2.41. The fraction of sp³-hybridized carbons (Fsp3) is 0.417. The standard InChI is InChI=1S/C12H15NO2S/c1-15-7-2-8-16(14)10-12-5-3-11(9-13)4-6-12/h3-6H,2,7-8,10H2,1H3. The van der Waals surface area contributed by atoms with Crippen molar-refractivity contribution in [1.29, 1.82) is 5.26 Å². The first-order valence-corrected chi connectivity index (χ1v) is 6.58. The molecule has 1 unspecified atom stereocenters. The maximum atomic E-state index is 11.6. The molecule has 0 aliphatic rings. The van der Waals surface area contributed by atoms with Crippen molar-refractivity contribution in [1.82, 2.24) is 0 Å². The van der Waals surface area contributed by atoms with E-state index < -0.39 is 10.8 Å². The lowest BCUT2D eigenvalue weighted by atomic mass is 10.2. The van der Waals surface area contributed by atoms with E-state index in [0.29, 0.717) is 23.7 Å². The lowest BCUT2D eigenvalue weighted by Gasteiger charge is -2.02. The van der Waals surface area contributed by atoms with E-state index in [0.717, 1.165) is 12.0 Å². The first-order chi connectivity index (χ1) is 7.76. The molecule has 0 amide bonds. The summed E-state index contributed by atoms with van der Waals surface area (Å²) < 4.78 is 16.5. The molecule has 0 saturated carbocycles. The van der Waals surface area contributed by atoms with Gasteiger partial charge in [0.25, 0.3) is 0 Å². The van der Waals surface area contributed by atoms with Crippen LogP contribution in [0.4, 0.5) is 0 Å². The highest BCUT2D eigenvalue weighted by molar-refractivity contribution is 7.84. The van der Waals surface area contributed by atoms with E-state index in [1.54, 1.807) is 19.2 Å². The maximum Gasteiger partial charge on any atom is 0.0991 e. The second-order valence-electron chi connectivity index (χ2n) is 3.44. The monoisotopic (exact) mass is 237 g/mol. The molecule has 0 spiro atoms. The van der Waals surface area contributed by atoms with E-state index in [9.17, 15) is 4.21 Å². The van der Waals surface area contributed by atoms with E-state index in [2.05, 4.69) is 6.07 Å².